The lowest BCUT2D eigenvalue weighted by Gasteiger charge is -2.40. The van der Waals surface area contributed by atoms with Crippen LogP contribution in [0.1, 0.15) is 37.3 Å². The van der Waals surface area contributed by atoms with Crippen LogP contribution in [-0.4, -0.2) is 0 Å². The Morgan fingerprint density at radius 2 is 1.00 bits per heavy atom. The summed E-state index contributed by atoms with van der Waals surface area (Å²) < 4.78 is 15.0. The molecule has 0 saturated heterocycles. The molecule has 0 amide bonds. The van der Waals surface area contributed by atoms with E-state index in [4.69, 9.17) is 0 Å². The van der Waals surface area contributed by atoms with Crippen LogP contribution in [0.25, 0.3) is 0 Å². The van der Waals surface area contributed by atoms with Gasteiger partial charge in [0.1, 0.15) is 0 Å². The van der Waals surface area contributed by atoms with Crippen LogP contribution in [0, 0.1) is 0 Å². The monoisotopic (exact) mass is 439 g/mol. The molecule has 4 aromatic rings. The van der Waals surface area contributed by atoms with Crippen LogP contribution in [0.5, 0.6) is 0 Å². The number of hydrogen-bond donors (Lipinski definition) is 1. The topological polar surface area (TPSA) is 29.1 Å². The van der Waals surface area contributed by atoms with Gasteiger partial charge < -0.3 is 0 Å². The van der Waals surface area contributed by atoms with E-state index in [9.17, 15) is 0 Å². The molecular weight excluding hydrogens is 409 g/mol. The van der Waals surface area contributed by atoms with Crippen LogP contribution >= 0.6 is 7.29 Å². The van der Waals surface area contributed by atoms with Gasteiger partial charge in [-0.25, -0.2) is 5.09 Å². The maximum absolute atomic E-state index is 15.0. The molecule has 0 bridgehead atoms. The molecule has 0 saturated carbocycles. The largest absolute Gasteiger partial charge is 0.296 e. The van der Waals surface area contributed by atoms with Crippen molar-refractivity contribution in [2.24, 2.45) is 0 Å². The van der Waals surface area contributed by atoms with Crippen LogP contribution in [0.3, 0.4) is 0 Å². The molecule has 0 unspecified atom stereocenters. The van der Waals surface area contributed by atoms with Gasteiger partial charge in [0, 0.05) is 10.6 Å². The Morgan fingerprint density at radius 3 is 1.38 bits per heavy atom. The van der Waals surface area contributed by atoms with E-state index in [2.05, 4.69) is 60.5 Å². The molecule has 4 aromatic carbocycles. The first-order valence-electron chi connectivity index (χ1n) is 11.3. The SMILES string of the molecule is CCCCC(NP(=O)(c1ccccc1)c1ccccc1)(c1ccccc1)c1ccccc1. The van der Waals surface area contributed by atoms with E-state index in [1.807, 2.05) is 72.8 Å². The highest BCUT2D eigenvalue weighted by Crippen LogP contribution is 2.47. The van der Waals surface area contributed by atoms with Crippen molar-refractivity contribution >= 4 is 17.9 Å². The van der Waals surface area contributed by atoms with Crippen molar-refractivity contribution in [1.29, 1.82) is 0 Å². The summed E-state index contributed by atoms with van der Waals surface area (Å²) in [7, 11) is -3.17. The Kier molecular flexibility index (Phi) is 7.05. The third-order valence-electron chi connectivity index (χ3n) is 6.03. The average molecular weight is 440 g/mol. The first-order valence-corrected chi connectivity index (χ1v) is 13.0. The molecule has 0 aliphatic carbocycles. The van der Waals surface area contributed by atoms with E-state index in [1.165, 1.54) is 0 Å². The fraction of sp³-hybridized carbons (Fsp3) is 0.172. The van der Waals surface area contributed by atoms with Crippen molar-refractivity contribution in [3.8, 4) is 0 Å². The van der Waals surface area contributed by atoms with E-state index >= 15 is 4.57 Å². The normalized spacial score (nSPS) is 11.9. The molecule has 0 heterocycles. The van der Waals surface area contributed by atoms with Gasteiger partial charge >= 0.3 is 0 Å². The number of rotatable bonds is 9. The molecular formula is C29H30NOP. The third-order valence-corrected chi connectivity index (χ3v) is 8.77. The van der Waals surface area contributed by atoms with E-state index in [0.29, 0.717) is 0 Å². The fourth-order valence-corrected chi connectivity index (χ4v) is 7.00. The summed E-state index contributed by atoms with van der Waals surface area (Å²) in [6.45, 7) is 2.20. The van der Waals surface area contributed by atoms with Crippen LogP contribution in [-0.2, 0) is 10.1 Å². The lowest BCUT2D eigenvalue weighted by Crippen LogP contribution is -2.45. The summed E-state index contributed by atoms with van der Waals surface area (Å²) in [4.78, 5) is 0. The Balaban J connectivity index is 1.97. The standard InChI is InChI=1S/C29H30NOP/c1-2-3-24-29(25-16-8-4-9-17-25,26-18-10-5-11-19-26)30-32(31,27-20-12-6-13-21-27)28-22-14-7-15-23-28/h4-23H,2-3,24H2,1H3,(H,30,31). The van der Waals surface area contributed by atoms with Gasteiger partial charge in [-0.1, -0.05) is 117 Å². The second-order valence-corrected chi connectivity index (χ2v) is 10.6. The predicted molar refractivity (Wildman–Crippen MR) is 136 cm³/mol. The second kappa shape index (κ2) is 10.1. The van der Waals surface area contributed by atoms with Gasteiger partial charge in [-0.2, -0.15) is 0 Å². The Morgan fingerprint density at radius 1 is 0.625 bits per heavy atom. The minimum absolute atomic E-state index is 0.584. The van der Waals surface area contributed by atoms with Gasteiger partial charge in [-0.3, -0.25) is 4.57 Å². The quantitative estimate of drug-likeness (QED) is 0.296. The molecule has 32 heavy (non-hydrogen) atoms. The molecule has 4 rings (SSSR count). The Bertz CT molecular complexity index is 1060. The highest BCUT2D eigenvalue weighted by atomic mass is 31.2. The first kappa shape index (κ1) is 22.3. The number of nitrogens with one attached hydrogen (secondary N) is 1. The van der Waals surface area contributed by atoms with Crippen LogP contribution in [0.2, 0.25) is 0 Å². The maximum Gasteiger partial charge on any atom is 0.205 e. The summed E-state index contributed by atoms with van der Waals surface area (Å²) in [5.41, 5.74) is 1.68. The molecule has 0 atom stereocenters. The van der Waals surface area contributed by atoms with E-state index in [1.54, 1.807) is 0 Å². The van der Waals surface area contributed by atoms with Gasteiger partial charge in [0.25, 0.3) is 0 Å². The zero-order valence-electron chi connectivity index (χ0n) is 18.5. The van der Waals surface area contributed by atoms with Crippen LogP contribution in [0.15, 0.2) is 121 Å². The van der Waals surface area contributed by atoms with Crippen molar-refractivity contribution in [2.75, 3.05) is 0 Å². The van der Waals surface area contributed by atoms with Crippen LogP contribution in [0.4, 0.5) is 0 Å². The van der Waals surface area contributed by atoms with Crippen LogP contribution < -0.4 is 15.7 Å². The summed E-state index contributed by atoms with van der Waals surface area (Å²) >= 11 is 0. The summed E-state index contributed by atoms with van der Waals surface area (Å²) in [5, 5.41) is 5.44. The van der Waals surface area contributed by atoms with Crippen molar-refractivity contribution in [2.45, 2.75) is 31.7 Å². The van der Waals surface area contributed by atoms with Gasteiger partial charge in [0.15, 0.2) is 0 Å². The maximum atomic E-state index is 15.0. The molecule has 0 spiro atoms. The summed E-state index contributed by atoms with van der Waals surface area (Å²) in [6.07, 6.45) is 2.92. The second-order valence-electron chi connectivity index (χ2n) is 8.13. The highest BCUT2D eigenvalue weighted by Gasteiger charge is 2.41. The van der Waals surface area contributed by atoms with Gasteiger partial charge in [0.2, 0.25) is 7.29 Å². The smallest absolute Gasteiger partial charge is 0.205 e. The Labute approximate surface area is 191 Å². The molecule has 2 nitrogen and oxygen atoms in total. The Hall–Kier alpha value is -2.93. The summed E-state index contributed by atoms with van der Waals surface area (Å²) in [6, 6.07) is 40.6. The van der Waals surface area contributed by atoms with Crippen molar-refractivity contribution in [3.63, 3.8) is 0 Å². The molecule has 0 radical (unpaired) electrons. The third kappa shape index (κ3) is 4.48. The average Bonchev–Trinajstić information content (AvgIpc) is 2.88. The first-order chi connectivity index (χ1) is 15.7. The van der Waals surface area contributed by atoms with Gasteiger partial charge in [-0.15, -0.1) is 0 Å². The van der Waals surface area contributed by atoms with Crippen molar-refractivity contribution in [1.82, 2.24) is 5.09 Å². The molecule has 0 fully saturated rings. The highest BCUT2D eigenvalue weighted by molar-refractivity contribution is 7.77. The van der Waals surface area contributed by atoms with Crippen molar-refractivity contribution < 1.29 is 4.57 Å². The fourth-order valence-electron chi connectivity index (χ4n) is 4.35. The minimum atomic E-state index is -3.17. The lowest BCUT2D eigenvalue weighted by atomic mass is 9.80. The predicted octanol–water partition coefficient (Wildman–Crippen LogP) is 6.64. The zero-order chi connectivity index (χ0) is 22.3. The summed E-state index contributed by atoms with van der Waals surface area (Å²) in [5.74, 6) is 0. The number of benzene rings is 4. The zero-order valence-corrected chi connectivity index (χ0v) is 19.4. The molecule has 3 heteroatoms. The molecule has 0 aliphatic rings. The molecule has 0 aromatic heterocycles. The lowest BCUT2D eigenvalue weighted by molar-refractivity contribution is 0.422. The van der Waals surface area contributed by atoms with E-state index in [-0.39, 0.29) is 0 Å². The van der Waals surface area contributed by atoms with E-state index in [0.717, 1.165) is 41.0 Å². The van der Waals surface area contributed by atoms with Gasteiger partial charge in [0.05, 0.1) is 5.54 Å². The number of unbranched alkanes of at least 4 members (excludes halogenated alkanes) is 1. The molecule has 1 N–H and O–H groups in total. The van der Waals surface area contributed by atoms with Gasteiger partial charge in [-0.05, 0) is 41.8 Å². The van der Waals surface area contributed by atoms with Crippen molar-refractivity contribution in [3.05, 3.63) is 132 Å². The molecule has 0 aliphatic heterocycles. The molecule has 162 valence electrons. The minimum Gasteiger partial charge on any atom is -0.296 e. The number of hydrogen-bond acceptors (Lipinski definition) is 1. The van der Waals surface area contributed by atoms with E-state index < -0.39 is 12.8 Å².